The van der Waals surface area contributed by atoms with Crippen LogP contribution in [0.15, 0.2) is 42.1 Å². The highest BCUT2D eigenvalue weighted by molar-refractivity contribution is 7.99. The average molecular weight is 548 g/mol. The molecule has 0 aliphatic heterocycles. The summed E-state index contributed by atoms with van der Waals surface area (Å²) in [6.07, 6.45) is 11.0. The molecule has 0 spiro atoms. The number of nitriles is 1. The van der Waals surface area contributed by atoms with Crippen LogP contribution in [0, 0.1) is 17.2 Å². The van der Waals surface area contributed by atoms with Crippen molar-refractivity contribution < 1.29 is 9.53 Å². The summed E-state index contributed by atoms with van der Waals surface area (Å²) in [6.45, 7) is 6.63. The summed E-state index contributed by atoms with van der Waals surface area (Å²) < 4.78 is 8.06. The van der Waals surface area contributed by atoms with E-state index in [4.69, 9.17) is 4.74 Å². The van der Waals surface area contributed by atoms with Gasteiger partial charge < -0.3 is 10.1 Å². The minimum absolute atomic E-state index is 0.153. The number of ether oxygens (including phenoxy) is 1. The summed E-state index contributed by atoms with van der Waals surface area (Å²) in [6, 6.07) is 10.3. The number of hydrogen-bond donors (Lipinski definition) is 1. The van der Waals surface area contributed by atoms with Gasteiger partial charge in [0.1, 0.15) is 16.8 Å². The molecule has 1 unspecified atom stereocenters. The maximum atomic E-state index is 12.9. The molecule has 1 amide bonds. The van der Waals surface area contributed by atoms with Crippen LogP contribution in [0.2, 0.25) is 0 Å². The van der Waals surface area contributed by atoms with Gasteiger partial charge in [0.05, 0.1) is 17.4 Å². The molecule has 0 bridgehead atoms. The molecule has 1 fully saturated rings. The fourth-order valence-corrected chi connectivity index (χ4v) is 7.36. The van der Waals surface area contributed by atoms with Crippen molar-refractivity contribution in [2.24, 2.45) is 5.92 Å². The van der Waals surface area contributed by atoms with E-state index in [1.54, 1.807) is 17.4 Å². The second kappa shape index (κ2) is 12.2. The molecule has 9 heteroatoms. The number of fused-ring (bicyclic) bond motifs is 1. The van der Waals surface area contributed by atoms with Crippen molar-refractivity contribution in [2.45, 2.75) is 76.1 Å². The van der Waals surface area contributed by atoms with Crippen LogP contribution in [0.3, 0.4) is 0 Å². The van der Waals surface area contributed by atoms with Crippen molar-refractivity contribution in [1.82, 2.24) is 14.8 Å². The Hall–Kier alpha value is -3.09. The molecule has 0 saturated heterocycles. The number of carbonyl (C=O) groups is 1. The van der Waals surface area contributed by atoms with Gasteiger partial charge in [-0.05, 0) is 80.7 Å². The van der Waals surface area contributed by atoms with E-state index in [1.165, 1.54) is 29.5 Å². The van der Waals surface area contributed by atoms with Gasteiger partial charge in [0, 0.05) is 17.0 Å². The number of hydrogen-bond acceptors (Lipinski definition) is 7. The summed E-state index contributed by atoms with van der Waals surface area (Å²) in [7, 11) is 0. The minimum atomic E-state index is -0.153. The van der Waals surface area contributed by atoms with E-state index >= 15 is 0 Å². The fraction of sp³-hybridized carbons (Fsp3) is 0.448. The number of amides is 1. The Morgan fingerprint density at radius 3 is 2.79 bits per heavy atom. The topological polar surface area (TPSA) is 92.8 Å². The molecular formula is C29H33N5O2S2. The zero-order chi connectivity index (χ0) is 26.5. The minimum Gasteiger partial charge on any atom is -0.490 e. The highest BCUT2D eigenvalue weighted by Crippen LogP contribution is 2.40. The summed E-state index contributed by atoms with van der Waals surface area (Å²) in [5, 5.41) is 22.9. The number of nitrogens with one attached hydrogen (secondary N) is 1. The van der Waals surface area contributed by atoms with Crippen molar-refractivity contribution in [1.29, 1.82) is 5.26 Å². The zero-order valence-electron chi connectivity index (χ0n) is 21.7. The van der Waals surface area contributed by atoms with Crippen molar-refractivity contribution >= 4 is 34.0 Å². The Balaban J connectivity index is 1.25. The van der Waals surface area contributed by atoms with E-state index in [9.17, 15) is 10.1 Å². The van der Waals surface area contributed by atoms with Gasteiger partial charge >= 0.3 is 0 Å². The van der Waals surface area contributed by atoms with Crippen LogP contribution in [0.5, 0.6) is 5.75 Å². The number of carbonyl (C=O) groups excluding carboxylic acids is 1. The maximum Gasteiger partial charge on any atom is 0.235 e. The van der Waals surface area contributed by atoms with Gasteiger partial charge in [0.15, 0.2) is 11.0 Å². The largest absolute Gasteiger partial charge is 0.490 e. The summed E-state index contributed by atoms with van der Waals surface area (Å²) in [5.74, 6) is 2.28. The first kappa shape index (κ1) is 26.5. The molecule has 3 aromatic rings. The van der Waals surface area contributed by atoms with Crippen LogP contribution in [0.1, 0.15) is 61.5 Å². The first-order valence-corrected chi connectivity index (χ1v) is 15.2. The number of anilines is 1. The summed E-state index contributed by atoms with van der Waals surface area (Å²) in [4.78, 5) is 14.1. The normalized spacial score (nSPS) is 17.1. The molecule has 1 atom stereocenters. The van der Waals surface area contributed by atoms with Crippen LogP contribution in [-0.4, -0.2) is 32.5 Å². The highest BCUT2D eigenvalue weighted by atomic mass is 32.2. The number of thiophene rings is 1. The Morgan fingerprint density at radius 2 is 2.08 bits per heavy atom. The highest BCUT2D eigenvalue weighted by Gasteiger charge is 2.26. The Kier molecular flexibility index (Phi) is 8.50. The van der Waals surface area contributed by atoms with Crippen molar-refractivity contribution in [3.63, 3.8) is 0 Å². The Morgan fingerprint density at radius 1 is 1.29 bits per heavy atom. The van der Waals surface area contributed by atoms with Crippen molar-refractivity contribution in [2.75, 3.05) is 11.1 Å². The van der Waals surface area contributed by atoms with Crippen molar-refractivity contribution in [3.05, 3.63) is 52.9 Å². The lowest BCUT2D eigenvalue weighted by Crippen LogP contribution is -2.15. The number of thioether (sulfide) groups is 1. The molecule has 2 heterocycles. The van der Waals surface area contributed by atoms with Gasteiger partial charge in [0.2, 0.25) is 5.91 Å². The molecule has 2 aliphatic carbocycles. The number of allylic oxidation sites excluding steroid dienone is 1. The van der Waals surface area contributed by atoms with E-state index in [2.05, 4.69) is 35.1 Å². The van der Waals surface area contributed by atoms with Crippen molar-refractivity contribution in [3.8, 4) is 23.2 Å². The maximum absolute atomic E-state index is 12.9. The first-order chi connectivity index (χ1) is 18.6. The summed E-state index contributed by atoms with van der Waals surface area (Å²) in [5.41, 5.74) is 2.69. The van der Waals surface area contributed by atoms with E-state index < -0.39 is 0 Å². The van der Waals surface area contributed by atoms with Crippen LogP contribution in [0.4, 0.5) is 5.00 Å². The van der Waals surface area contributed by atoms with E-state index in [0.717, 1.165) is 61.2 Å². The molecule has 0 radical (unpaired) electrons. The lowest BCUT2D eigenvalue weighted by molar-refractivity contribution is -0.113. The van der Waals surface area contributed by atoms with E-state index in [0.29, 0.717) is 34.3 Å². The molecule has 1 saturated carbocycles. The number of benzene rings is 1. The van der Waals surface area contributed by atoms with Crippen LogP contribution in [-0.2, 0) is 24.2 Å². The second-order valence-corrected chi connectivity index (χ2v) is 12.0. The molecule has 2 aromatic heterocycles. The Labute approximate surface area is 232 Å². The second-order valence-electron chi connectivity index (χ2n) is 9.93. The van der Waals surface area contributed by atoms with E-state index in [-0.39, 0.29) is 11.7 Å². The molecule has 2 aliphatic rings. The third kappa shape index (κ3) is 5.82. The fourth-order valence-electron chi connectivity index (χ4n) is 5.29. The average Bonchev–Trinajstić information content (AvgIpc) is 3.67. The van der Waals surface area contributed by atoms with Crippen LogP contribution in [0.25, 0.3) is 11.4 Å². The third-order valence-electron chi connectivity index (χ3n) is 7.39. The Bertz CT molecular complexity index is 1330. The third-order valence-corrected chi connectivity index (χ3v) is 9.52. The van der Waals surface area contributed by atoms with Gasteiger partial charge in [-0.3, -0.25) is 9.36 Å². The molecule has 7 nitrogen and oxygen atoms in total. The molecule has 198 valence electrons. The molecular weight excluding hydrogens is 514 g/mol. The first-order valence-electron chi connectivity index (χ1n) is 13.4. The van der Waals surface area contributed by atoms with Gasteiger partial charge in [-0.15, -0.1) is 28.1 Å². The quantitative estimate of drug-likeness (QED) is 0.226. The molecule has 5 rings (SSSR count). The van der Waals surface area contributed by atoms with Gasteiger partial charge in [0.25, 0.3) is 0 Å². The van der Waals surface area contributed by atoms with E-state index in [1.807, 2.05) is 28.8 Å². The molecule has 1 aromatic carbocycles. The lowest BCUT2D eigenvalue weighted by atomic mass is 9.86. The van der Waals surface area contributed by atoms with Gasteiger partial charge in [-0.25, -0.2) is 0 Å². The van der Waals surface area contributed by atoms with Crippen LogP contribution < -0.4 is 10.1 Å². The van der Waals surface area contributed by atoms with Gasteiger partial charge in [-0.2, -0.15) is 5.26 Å². The standard InChI is InChI=1S/C29H33N5O2S2/c1-3-15-34-27(20-10-12-22(13-11-20)36-21-7-5-6-8-21)32-33-29(34)37-18-26(35)31-28-24(17-30)23-14-9-19(4-2)16-25(23)38-28/h3,10-13,19,21H,1,4-9,14-16,18H2,2H3,(H,31,35). The monoisotopic (exact) mass is 547 g/mol. The number of nitrogens with zero attached hydrogens (tertiary/aromatic N) is 4. The SMILES string of the molecule is C=CCn1c(SCC(=O)Nc2sc3c(c2C#N)CCC(CC)C3)nnc1-c1ccc(OC2CCCC2)cc1. The summed E-state index contributed by atoms with van der Waals surface area (Å²) >= 11 is 2.89. The smallest absolute Gasteiger partial charge is 0.235 e. The predicted molar refractivity (Wildman–Crippen MR) is 153 cm³/mol. The zero-order valence-corrected chi connectivity index (χ0v) is 23.4. The van der Waals surface area contributed by atoms with Crippen LogP contribution >= 0.6 is 23.1 Å². The molecule has 1 N–H and O–H groups in total. The number of rotatable bonds is 10. The number of aromatic nitrogens is 3. The molecule has 38 heavy (non-hydrogen) atoms. The predicted octanol–water partition coefficient (Wildman–Crippen LogP) is 6.63. The van der Waals surface area contributed by atoms with Gasteiger partial charge in [-0.1, -0.05) is 31.2 Å². The lowest BCUT2D eigenvalue weighted by Gasteiger charge is -2.20.